The number of fused-ring (bicyclic) bond motifs is 1. The van der Waals surface area contributed by atoms with Crippen molar-refractivity contribution in [1.29, 1.82) is 0 Å². The molecule has 138 valence electrons. The molecular weight excluding hydrogens is 336 g/mol. The number of pyridine rings is 1. The smallest absolute Gasteiger partial charge is 0.250 e. The standard InChI is InChI=1S/C22H24N4O/c23-22(27)18-10-6-9-17-11-12-20(25-21(17)18)24-19(15-26-13-4-5-14-26)16-7-2-1-3-8-16/h1-3,6-12,19H,4-5,13-15H2,(H2,23,27)(H,24,25). The van der Waals surface area contributed by atoms with Gasteiger partial charge in [-0.1, -0.05) is 42.5 Å². The summed E-state index contributed by atoms with van der Waals surface area (Å²) in [6.45, 7) is 3.21. The highest BCUT2D eigenvalue weighted by atomic mass is 16.1. The second-order valence-electron chi connectivity index (χ2n) is 7.05. The quantitative estimate of drug-likeness (QED) is 0.705. The number of benzene rings is 2. The van der Waals surface area contributed by atoms with Gasteiger partial charge < -0.3 is 16.0 Å². The highest BCUT2D eigenvalue weighted by Gasteiger charge is 2.19. The van der Waals surface area contributed by atoms with Gasteiger partial charge in [0.25, 0.3) is 5.91 Å². The largest absolute Gasteiger partial charge is 0.366 e. The van der Waals surface area contributed by atoms with Crippen LogP contribution in [-0.4, -0.2) is 35.4 Å². The molecule has 0 spiro atoms. The number of nitrogens with zero attached hydrogens (tertiary/aromatic N) is 2. The molecule has 1 unspecified atom stereocenters. The Morgan fingerprint density at radius 1 is 1.04 bits per heavy atom. The van der Waals surface area contributed by atoms with E-state index >= 15 is 0 Å². The molecule has 1 aliphatic heterocycles. The summed E-state index contributed by atoms with van der Waals surface area (Å²) in [5, 5.41) is 4.49. The normalized spacial score (nSPS) is 15.7. The van der Waals surface area contributed by atoms with Crippen molar-refractivity contribution in [2.75, 3.05) is 25.0 Å². The summed E-state index contributed by atoms with van der Waals surface area (Å²) in [5.74, 6) is 0.297. The third-order valence-corrected chi connectivity index (χ3v) is 5.15. The Kier molecular flexibility index (Phi) is 5.03. The molecule has 0 saturated carbocycles. The summed E-state index contributed by atoms with van der Waals surface area (Å²) < 4.78 is 0. The molecule has 4 rings (SSSR count). The summed E-state index contributed by atoms with van der Waals surface area (Å²) >= 11 is 0. The summed E-state index contributed by atoms with van der Waals surface area (Å²) in [6, 6.07) is 20.0. The van der Waals surface area contributed by atoms with E-state index in [2.05, 4.69) is 34.5 Å². The first-order valence-electron chi connectivity index (χ1n) is 9.44. The first-order valence-corrected chi connectivity index (χ1v) is 9.44. The predicted octanol–water partition coefficient (Wildman–Crippen LogP) is 3.58. The minimum Gasteiger partial charge on any atom is -0.366 e. The Hall–Kier alpha value is -2.92. The molecule has 1 atom stereocenters. The minimum absolute atomic E-state index is 0.134. The lowest BCUT2D eigenvalue weighted by Crippen LogP contribution is -2.29. The van der Waals surface area contributed by atoms with E-state index in [-0.39, 0.29) is 6.04 Å². The molecule has 27 heavy (non-hydrogen) atoms. The van der Waals surface area contributed by atoms with E-state index in [1.54, 1.807) is 6.07 Å². The van der Waals surface area contributed by atoms with Crippen LogP contribution < -0.4 is 11.1 Å². The van der Waals surface area contributed by atoms with Gasteiger partial charge in [-0.25, -0.2) is 4.98 Å². The van der Waals surface area contributed by atoms with Crippen molar-refractivity contribution in [3.63, 3.8) is 0 Å². The number of para-hydroxylation sites is 1. The van der Waals surface area contributed by atoms with E-state index in [0.29, 0.717) is 11.1 Å². The summed E-state index contributed by atoms with van der Waals surface area (Å²) in [4.78, 5) is 18.9. The highest BCUT2D eigenvalue weighted by Crippen LogP contribution is 2.24. The first kappa shape index (κ1) is 17.5. The van der Waals surface area contributed by atoms with E-state index in [9.17, 15) is 4.79 Å². The average molecular weight is 360 g/mol. The second kappa shape index (κ2) is 7.76. The molecule has 0 radical (unpaired) electrons. The van der Waals surface area contributed by atoms with E-state index in [1.807, 2.05) is 30.3 Å². The number of carbonyl (C=O) groups is 1. The fraction of sp³-hybridized carbons (Fsp3) is 0.273. The Balaban J connectivity index is 1.65. The Morgan fingerprint density at radius 2 is 1.81 bits per heavy atom. The number of rotatable bonds is 6. The van der Waals surface area contributed by atoms with Crippen LogP contribution in [0.1, 0.15) is 34.8 Å². The summed E-state index contributed by atoms with van der Waals surface area (Å²) in [7, 11) is 0. The Bertz CT molecular complexity index is 935. The molecule has 2 aromatic carbocycles. The zero-order valence-corrected chi connectivity index (χ0v) is 15.3. The van der Waals surface area contributed by atoms with E-state index in [4.69, 9.17) is 10.7 Å². The van der Waals surface area contributed by atoms with Crippen molar-refractivity contribution in [3.05, 3.63) is 71.8 Å². The molecule has 5 heteroatoms. The SMILES string of the molecule is NC(=O)c1cccc2ccc(NC(CN3CCCC3)c3ccccc3)nc12. The van der Waals surface area contributed by atoms with Crippen LogP contribution in [-0.2, 0) is 0 Å². The number of nitrogens with one attached hydrogen (secondary N) is 1. The van der Waals surface area contributed by atoms with Crippen molar-refractivity contribution < 1.29 is 4.79 Å². The van der Waals surface area contributed by atoms with E-state index in [0.717, 1.165) is 30.8 Å². The van der Waals surface area contributed by atoms with Crippen LogP contribution in [0.5, 0.6) is 0 Å². The number of hydrogen-bond acceptors (Lipinski definition) is 4. The van der Waals surface area contributed by atoms with Crippen LogP contribution in [0.3, 0.4) is 0 Å². The van der Waals surface area contributed by atoms with Crippen molar-refractivity contribution >= 4 is 22.6 Å². The van der Waals surface area contributed by atoms with Crippen LogP contribution in [0.4, 0.5) is 5.82 Å². The zero-order valence-electron chi connectivity index (χ0n) is 15.3. The monoisotopic (exact) mass is 360 g/mol. The number of aromatic nitrogens is 1. The van der Waals surface area contributed by atoms with Crippen molar-refractivity contribution in [3.8, 4) is 0 Å². The van der Waals surface area contributed by atoms with Gasteiger partial charge in [0.15, 0.2) is 0 Å². The number of likely N-dealkylation sites (tertiary alicyclic amines) is 1. The van der Waals surface area contributed by atoms with Gasteiger partial charge in [-0.3, -0.25) is 4.79 Å². The van der Waals surface area contributed by atoms with Crippen LogP contribution in [0.2, 0.25) is 0 Å². The van der Waals surface area contributed by atoms with Crippen LogP contribution >= 0.6 is 0 Å². The van der Waals surface area contributed by atoms with Crippen molar-refractivity contribution in [1.82, 2.24) is 9.88 Å². The number of carbonyl (C=O) groups excluding carboxylic acids is 1. The lowest BCUT2D eigenvalue weighted by molar-refractivity contribution is 0.100. The molecule has 1 aliphatic rings. The molecule has 1 amide bonds. The van der Waals surface area contributed by atoms with Crippen molar-refractivity contribution in [2.45, 2.75) is 18.9 Å². The van der Waals surface area contributed by atoms with Crippen molar-refractivity contribution in [2.24, 2.45) is 5.73 Å². The van der Waals surface area contributed by atoms with Gasteiger partial charge in [0, 0.05) is 11.9 Å². The predicted molar refractivity (Wildman–Crippen MR) is 109 cm³/mol. The maximum Gasteiger partial charge on any atom is 0.250 e. The lowest BCUT2D eigenvalue weighted by Gasteiger charge is -2.25. The average Bonchev–Trinajstić information content (AvgIpc) is 3.20. The lowest BCUT2D eigenvalue weighted by atomic mass is 10.1. The fourth-order valence-electron chi connectivity index (χ4n) is 3.75. The molecule has 3 aromatic rings. The maximum atomic E-state index is 11.8. The number of nitrogens with two attached hydrogens (primary N) is 1. The number of primary amides is 1. The molecular formula is C22H24N4O. The molecule has 1 fully saturated rings. The van der Waals surface area contributed by atoms with Gasteiger partial charge >= 0.3 is 0 Å². The van der Waals surface area contributed by atoms with Crippen LogP contribution in [0, 0.1) is 0 Å². The molecule has 5 nitrogen and oxygen atoms in total. The van der Waals surface area contributed by atoms with Gasteiger partial charge in [0.05, 0.1) is 17.1 Å². The molecule has 0 aliphatic carbocycles. The number of anilines is 1. The first-order chi connectivity index (χ1) is 13.2. The third-order valence-electron chi connectivity index (χ3n) is 5.15. The van der Waals surface area contributed by atoms with Crippen LogP contribution in [0.15, 0.2) is 60.7 Å². The molecule has 1 saturated heterocycles. The minimum atomic E-state index is -0.457. The van der Waals surface area contributed by atoms with Gasteiger partial charge in [-0.2, -0.15) is 0 Å². The summed E-state index contributed by atoms with van der Waals surface area (Å²) in [6.07, 6.45) is 2.52. The third kappa shape index (κ3) is 3.93. The van der Waals surface area contributed by atoms with Gasteiger partial charge in [0.2, 0.25) is 0 Å². The Morgan fingerprint density at radius 3 is 2.56 bits per heavy atom. The van der Waals surface area contributed by atoms with Gasteiger partial charge in [0.1, 0.15) is 5.82 Å². The Labute approximate surface area is 159 Å². The molecule has 0 bridgehead atoms. The topological polar surface area (TPSA) is 71.2 Å². The van der Waals surface area contributed by atoms with E-state index in [1.165, 1.54) is 18.4 Å². The second-order valence-corrected chi connectivity index (χ2v) is 7.05. The molecule has 3 N–H and O–H groups in total. The summed E-state index contributed by atoms with van der Waals surface area (Å²) in [5.41, 5.74) is 7.85. The zero-order chi connectivity index (χ0) is 18.6. The van der Waals surface area contributed by atoms with Crippen LogP contribution in [0.25, 0.3) is 10.9 Å². The van der Waals surface area contributed by atoms with E-state index < -0.39 is 5.91 Å². The van der Waals surface area contributed by atoms with Gasteiger partial charge in [-0.15, -0.1) is 0 Å². The molecule has 1 aromatic heterocycles. The molecule has 2 heterocycles. The number of amides is 1. The highest BCUT2D eigenvalue weighted by molar-refractivity contribution is 6.04. The fourth-order valence-corrected chi connectivity index (χ4v) is 3.75. The van der Waals surface area contributed by atoms with Gasteiger partial charge in [-0.05, 0) is 49.7 Å². The number of hydrogen-bond donors (Lipinski definition) is 2. The maximum absolute atomic E-state index is 11.8.